The van der Waals surface area contributed by atoms with Crippen molar-refractivity contribution in [2.75, 3.05) is 0 Å². The molecule has 0 aliphatic heterocycles. The van der Waals surface area contributed by atoms with E-state index >= 15 is 0 Å². The van der Waals surface area contributed by atoms with Gasteiger partial charge in [-0.1, -0.05) is 24.6 Å². The molecule has 1 aromatic heterocycles. The van der Waals surface area contributed by atoms with Gasteiger partial charge in [-0.15, -0.1) is 0 Å². The van der Waals surface area contributed by atoms with E-state index in [9.17, 15) is 5.11 Å². The van der Waals surface area contributed by atoms with E-state index in [1.165, 1.54) is 19.3 Å². The third-order valence-corrected chi connectivity index (χ3v) is 4.45. The molecule has 4 rings (SSSR count). The summed E-state index contributed by atoms with van der Waals surface area (Å²) >= 11 is 0. The van der Waals surface area contributed by atoms with Gasteiger partial charge < -0.3 is 9.52 Å². The van der Waals surface area contributed by atoms with Crippen LogP contribution in [0, 0.1) is 11.8 Å². The number of fused-ring (bicyclic) bond motifs is 2. The van der Waals surface area contributed by atoms with Gasteiger partial charge in [-0.05, 0) is 30.7 Å². The Balaban J connectivity index is 1.89. The van der Waals surface area contributed by atoms with E-state index in [-0.39, 0.29) is 0 Å². The van der Waals surface area contributed by atoms with E-state index in [4.69, 9.17) is 4.42 Å². The van der Waals surface area contributed by atoms with Crippen LogP contribution in [0.2, 0.25) is 0 Å². The summed E-state index contributed by atoms with van der Waals surface area (Å²) < 4.78 is 5.52. The fraction of sp³-hybridized carbons (Fsp3) is 0.429. The molecule has 2 aromatic rings. The van der Waals surface area contributed by atoms with E-state index in [0.717, 1.165) is 16.5 Å². The number of hydrogen-bond donors (Lipinski definition) is 1. The standard InChI is InChI=1S/C14H14O2/c15-14(10-5-3-6-11(10)14)12-8-16-13-7-2-1-4-9(12)13/h1-2,4,7-8,10-11,15H,3,5-6H2. The lowest BCUT2D eigenvalue weighted by Crippen LogP contribution is -2.12. The molecular formula is C14H14O2. The van der Waals surface area contributed by atoms with Crippen molar-refractivity contribution in [2.24, 2.45) is 11.8 Å². The SMILES string of the molecule is OC1(c2coc3ccccc23)C2CCCC21. The second kappa shape index (κ2) is 2.69. The van der Waals surface area contributed by atoms with Crippen molar-refractivity contribution in [2.45, 2.75) is 24.9 Å². The number of para-hydroxylation sites is 1. The fourth-order valence-electron chi connectivity index (χ4n) is 3.61. The van der Waals surface area contributed by atoms with Crippen molar-refractivity contribution >= 4 is 11.0 Å². The summed E-state index contributed by atoms with van der Waals surface area (Å²) in [5.41, 5.74) is 1.32. The zero-order valence-corrected chi connectivity index (χ0v) is 9.02. The van der Waals surface area contributed by atoms with Crippen LogP contribution < -0.4 is 0 Å². The Hall–Kier alpha value is -1.28. The summed E-state index contributed by atoms with van der Waals surface area (Å²) in [6.07, 6.45) is 5.36. The fourth-order valence-corrected chi connectivity index (χ4v) is 3.61. The van der Waals surface area contributed by atoms with Gasteiger partial charge in [-0.3, -0.25) is 0 Å². The first-order chi connectivity index (χ1) is 7.82. The van der Waals surface area contributed by atoms with Gasteiger partial charge in [0.1, 0.15) is 5.58 Å². The number of aliphatic hydroxyl groups is 1. The summed E-state index contributed by atoms with van der Waals surface area (Å²) in [5, 5.41) is 11.8. The molecule has 0 saturated heterocycles. The minimum atomic E-state index is -0.579. The largest absolute Gasteiger partial charge is 0.464 e. The highest BCUT2D eigenvalue weighted by molar-refractivity contribution is 5.82. The predicted molar refractivity (Wildman–Crippen MR) is 60.9 cm³/mol. The van der Waals surface area contributed by atoms with Crippen LogP contribution in [-0.4, -0.2) is 5.11 Å². The van der Waals surface area contributed by atoms with Crippen molar-refractivity contribution in [1.29, 1.82) is 0 Å². The van der Waals surface area contributed by atoms with Crippen LogP contribution in [-0.2, 0) is 5.60 Å². The van der Waals surface area contributed by atoms with Gasteiger partial charge in [0.25, 0.3) is 0 Å². The minimum Gasteiger partial charge on any atom is -0.464 e. The third kappa shape index (κ3) is 0.874. The summed E-state index contributed by atoms with van der Waals surface area (Å²) in [6, 6.07) is 7.97. The van der Waals surface area contributed by atoms with E-state index in [2.05, 4.69) is 0 Å². The third-order valence-electron chi connectivity index (χ3n) is 4.45. The lowest BCUT2D eigenvalue weighted by molar-refractivity contribution is 0.106. The van der Waals surface area contributed by atoms with Crippen molar-refractivity contribution in [3.8, 4) is 0 Å². The zero-order chi connectivity index (χ0) is 10.8. The molecule has 0 radical (unpaired) electrons. The van der Waals surface area contributed by atoms with Crippen molar-refractivity contribution < 1.29 is 9.52 Å². The topological polar surface area (TPSA) is 33.4 Å². The zero-order valence-electron chi connectivity index (χ0n) is 9.02. The van der Waals surface area contributed by atoms with E-state index in [0.29, 0.717) is 11.8 Å². The Kier molecular flexibility index (Phi) is 1.48. The van der Waals surface area contributed by atoms with Crippen LogP contribution in [0.1, 0.15) is 24.8 Å². The van der Waals surface area contributed by atoms with E-state index in [1.54, 1.807) is 6.26 Å². The van der Waals surface area contributed by atoms with Crippen molar-refractivity contribution in [3.05, 3.63) is 36.1 Å². The first kappa shape index (κ1) is 8.82. The van der Waals surface area contributed by atoms with Crippen LogP contribution in [0.15, 0.2) is 34.9 Å². The summed E-state index contributed by atoms with van der Waals surface area (Å²) in [5.74, 6) is 0.960. The molecular weight excluding hydrogens is 200 g/mol. The molecule has 1 aromatic carbocycles. The molecule has 2 heteroatoms. The molecule has 0 amide bonds. The number of furan rings is 1. The van der Waals surface area contributed by atoms with Gasteiger partial charge in [0, 0.05) is 10.9 Å². The Bertz CT molecular complexity index is 545. The summed E-state index contributed by atoms with van der Waals surface area (Å²) in [4.78, 5) is 0. The molecule has 2 fully saturated rings. The van der Waals surface area contributed by atoms with Gasteiger partial charge in [-0.25, -0.2) is 0 Å². The number of benzene rings is 1. The number of hydrogen-bond acceptors (Lipinski definition) is 2. The van der Waals surface area contributed by atoms with Gasteiger partial charge in [0.05, 0.1) is 11.9 Å². The summed E-state index contributed by atoms with van der Waals surface area (Å²) in [7, 11) is 0. The quantitative estimate of drug-likeness (QED) is 0.791. The first-order valence-electron chi connectivity index (χ1n) is 6.01. The maximum atomic E-state index is 10.7. The Morgan fingerprint density at radius 1 is 1.19 bits per heavy atom. The molecule has 1 N–H and O–H groups in total. The lowest BCUT2D eigenvalue weighted by atomic mass is 9.99. The van der Waals surface area contributed by atoms with Crippen LogP contribution in [0.5, 0.6) is 0 Å². The van der Waals surface area contributed by atoms with Gasteiger partial charge in [-0.2, -0.15) is 0 Å². The second-order valence-corrected chi connectivity index (χ2v) is 5.11. The molecule has 0 bridgehead atoms. The average molecular weight is 214 g/mol. The maximum absolute atomic E-state index is 10.7. The van der Waals surface area contributed by atoms with E-state index < -0.39 is 5.60 Å². The Morgan fingerprint density at radius 3 is 2.75 bits per heavy atom. The first-order valence-corrected chi connectivity index (χ1v) is 6.01. The van der Waals surface area contributed by atoms with Gasteiger partial charge >= 0.3 is 0 Å². The molecule has 82 valence electrons. The molecule has 2 aliphatic rings. The number of rotatable bonds is 1. The predicted octanol–water partition coefficient (Wildman–Crippen LogP) is 3.05. The molecule has 2 aliphatic carbocycles. The maximum Gasteiger partial charge on any atom is 0.134 e. The molecule has 2 unspecified atom stereocenters. The monoisotopic (exact) mass is 214 g/mol. The van der Waals surface area contributed by atoms with Crippen LogP contribution in [0.25, 0.3) is 11.0 Å². The Morgan fingerprint density at radius 2 is 1.94 bits per heavy atom. The normalized spacial score (nSPS) is 36.6. The van der Waals surface area contributed by atoms with Crippen molar-refractivity contribution in [3.63, 3.8) is 0 Å². The molecule has 16 heavy (non-hydrogen) atoms. The molecule has 1 heterocycles. The average Bonchev–Trinajstić information content (AvgIpc) is 2.81. The molecule has 2 atom stereocenters. The molecule has 0 spiro atoms. The highest BCUT2D eigenvalue weighted by Crippen LogP contribution is 2.67. The Labute approximate surface area is 93.9 Å². The van der Waals surface area contributed by atoms with Crippen LogP contribution >= 0.6 is 0 Å². The molecule has 2 nitrogen and oxygen atoms in total. The highest BCUT2D eigenvalue weighted by atomic mass is 16.3. The second-order valence-electron chi connectivity index (χ2n) is 5.11. The smallest absolute Gasteiger partial charge is 0.134 e. The van der Waals surface area contributed by atoms with Crippen molar-refractivity contribution in [1.82, 2.24) is 0 Å². The highest BCUT2D eigenvalue weighted by Gasteiger charge is 2.67. The lowest BCUT2D eigenvalue weighted by Gasteiger charge is -2.12. The van der Waals surface area contributed by atoms with Crippen LogP contribution in [0.3, 0.4) is 0 Å². The minimum absolute atomic E-state index is 0.480. The van der Waals surface area contributed by atoms with E-state index in [1.807, 2.05) is 24.3 Å². The molecule has 2 saturated carbocycles. The van der Waals surface area contributed by atoms with Crippen LogP contribution in [0.4, 0.5) is 0 Å². The summed E-state index contributed by atoms with van der Waals surface area (Å²) in [6.45, 7) is 0. The van der Waals surface area contributed by atoms with Gasteiger partial charge in [0.15, 0.2) is 0 Å². The van der Waals surface area contributed by atoms with Gasteiger partial charge in [0.2, 0.25) is 0 Å².